The molecule has 1 aromatic carbocycles. The van der Waals surface area contributed by atoms with E-state index in [1.807, 2.05) is 0 Å². The second-order valence-corrected chi connectivity index (χ2v) is 10.2. The van der Waals surface area contributed by atoms with Gasteiger partial charge in [-0.25, -0.2) is 8.42 Å². The van der Waals surface area contributed by atoms with Gasteiger partial charge < -0.3 is 14.0 Å². The van der Waals surface area contributed by atoms with Crippen LogP contribution in [-0.2, 0) is 37.3 Å². The standard InChI is InChI=1S/C23H27F3N2O6S/c1-16-13-20(17(2)28(16)15-23(24,25)26)21(29)14-34-22(30)8-5-18-3-6-19(7-4-18)35(31,32)27-9-11-33-12-10-27/h3-4,6-7,13H,5,8-12,14-15H2,1-2H3. The van der Waals surface area contributed by atoms with E-state index in [1.165, 1.54) is 36.4 Å². The van der Waals surface area contributed by atoms with Crippen molar-refractivity contribution in [3.63, 3.8) is 0 Å². The normalized spacial score (nSPS) is 15.2. The van der Waals surface area contributed by atoms with Crippen molar-refractivity contribution in [2.75, 3.05) is 32.9 Å². The van der Waals surface area contributed by atoms with Gasteiger partial charge in [0.15, 0.2) is 6.61 Å². The Bertz CT molecular complexity index is 1170. The molecule has 0 amide bonds. The summed E-state index contributed by atoms with van der Waals surface area (Å²) in [5.41, 5.74) is 1.24. The third-order valence-electron chi connectivity index (χ3n) is 5.72. The number of ether oxygens (including phenoxy) is 2. The zero-order valence-corrected chi connectivity index (χ0v) is 20.2. The summed E-state index contributed by atoms with van der Waals surface area (Å²) >= 11 is 0. The van der Waals surface area contributed by atoms with E-state index in [2.05, 4.69) is 0 Å². The van der Waals surface area contributed by atoms with Crippen molar-refractivity contribution in [1.82, 2.24) is 8.87 Å². The quantitative estimate of drug-likeness (QED) is 0.376. The van der Waals surface area contributed by atoms with Crippen molar-refractivity contribution in [3.05, 3.63) is 52.8 Å². The second-order valence-electron chi connectivity index (χ2n) is 8.23. The molecule has 1 saturated heterocycles. The van der Waals surface area contributed by atoms with Gasteiger partial charge in [-0.1, -0.05) is 12.1 Å². The van der Waals surface area contributed by atoms with Crippen LogP contribution in [0.2, 0.25) is 0 Å². The van der Waals surface area contributed by atoms with Crippen LogP contribution in [0.4, 0.5) is 13.2 Å². The topological polar surface area (TPSA) is 94.9 Å². The Labute approximate surface area is 201 Å². The highest BCUT2D eigenvalue weighted by molar-refractivity contribution is 7.89. The van der Waals surface area contributed by atoms with Crippen molar-refractivity contribution in [2.24, 2.45) is 0 Å². The third kappa shape index (κ3) is 6.92. The molecule has 2 aromatic rings. The maximum atomic E-state index is 12.7. The molecule has 0 spiro atoms. The molecule has 35 heavy (non-hydrogen) atoms. The van der Waals surface area contributed by atoms with Crippen LogP contribution in [0.1, 0.15) is 33.7 Å². The number of nitrogens with zero attached hydrogens (tertiary/aromatic N) is 2. The van der Waals surface area contributed by atoms with E-state index in [9.17, 15) is 31.2 Å². The number of carbonyl (C=O) groups excluding carboxylic acids is 2. The summed E-state index contributed by atoms with van der Waals surface area (Å²) in [7, 11) is -3.61. The number of aryl methyl sites for hydroxylation is 2. The van der Waals surface area contributed by atoms with Crippen molar-refractivity contribution in [1.29, 1.82) is 0 Å². The molecule has 8 nitrogen and oxygen atoms in total. The van der Waals surface area contributed by atoms with Crippen LogP contribution in [0, 0.1) is 13.8 Å². The van der Waals surface area contributed by atoms with Crippen LogP contribution >= 0.6 is 0 Å². The summed E-state index contributed by atoms with van der Waals surface area (Å²) in [6.07, 6.45) is -4.20. The minimum atomic E-state index is -4.42. The number of alkyl halides is 3. The summed E-state index contributed by atoms with van der Waals surface area (Å²) < 4.78 is 76.1. The molecule has 12 heteroatoms. The number of aromatic nitrogens is 1. The molecule has 0 bridgehead atoms. The van der Waals surface area contributed by atoms with Crippen LogP contribution in [-0.4, -0.2) is 68.1 Å². The second kappa shape index (κ2) is 10.9. The highest BCUT2D eigenvalue weighted by Gasteiger charge is 2.30. The zero-order chi connectivity index (χ0) is 25.8. The minimum absolute atomic E-state index is 0.0457. The molecule has 1 aliphatic heterocycles. The fraction of sp³-hybridized carbons (Fsp3) is 0.478. The Morgan fingerprint density at radius 3 is 2.31 bits per heavy atom. The van der Waals surface area contributed by atoms with E-state index >= 15 is 0 Å². The number of hydrogen-bond donors (Lipinski definition) is 0. The van der Waals surface area contributed by atoms with Gasteiger partial charge in [0.2, 0.25) is 15.8 Å². The lowest BCUT2D eigenvalue weighted by Crippen LogP contribution is -2.40. The Kier molecular flexibility index (Phi) is 8.39. The lowest BCUT2D eigenvalue weighted by atomic mass is 10.1. The first-order chi connectivity index (χ1) is 16.4. The van der Waals surface area contributed by atoms with Gasteiger partial charge in [-0.3, -0.25) is 9.59 Å². The molecule has 0 saturated carbocycles. The van der Waals surface area contributed by atoms with Crippen LogP contribution < -0.4 is 0 Å². The summed E-state index contributed by atoms with van der Waals surface area (Å²) in [5, 5.41) is 0. The van der Waals surface area contributed by atoms with E-state index < -0.39 is 41.1 Å². The predicted molar refractivity (Wildman–Crippen MR) is 120 cm³/mol. The third-order valence-corrected chi connectivity index (χ3v) is 7.64. The molecule has 3 rings (SSSR count). The van der Waals surface area contributed by atoms with Crippen molar-refractivity contribution in [2.45, 2.75) is 44.3 Å². The van der Waals surface area contributed by atoms with E-state index in [-0.39, 0.29) is 34.7 Å². The lowest BCUT2D eigenvalue weighted by Gasteiger charge is -2.26. The first kappa shape index (κ1) is 26.9. The molecular formula is C23H27F3N2O6S. The van der Waals surface area contributed by atoms with Gasteiger partial charge in [-0.15, -0.1) is 0 Å². The van der Waals surface area contributed by atoms with Gasteiger partial charge in [-0.2, -0.15) is 17.5 Å². The molecule has 0 unspecified atom stereocenters. The summed E-state index contributed by atoms with van der Waals surface area (Å²) in [6.45, 7) is 2.38. The largest absolute Gasteiger partial charge is 0.457 e. The van der Waals surface area contributed by atoms with E-state index in [0.29, 0.717) is 31.9 Å². The van der Waals surface area contributed by atoms with Gasteiger partial charge in [0.1, 0.15) is 6.54 Å². The number of carbonyl (C=O) groups is 2. The Hall–Kier alpha value is -2.70. The predicted octanol–water partition coefficient (Wildman–Crippen LogP) is 3.05. The molecule has 2 heterocycles. The average molecular weight is 517 g/mol. The number of hydrogen-bond acceptors (Lipinski definition) is 6. The highest BCUT2D eigenvalue weighted by atomic mass is 32.2. The number of rotatable bonds is 9. The maximum absolute atomic E-state index is 12.7. The van der Waals surface area contributed by atoms with Gasteiger partial charge in [0.05, 0.1) is 18.1 Å². The maximum Gasteiger partial charge on any atom is 0.406 e. The monoisotopic (exact) mass is 516 g/mol. The Morgan fingerprint density at radius 2 is 1.71 bits per heavy atom. The minimum Gasteiger partial charge on any atom is -0.457 e. The number of morpholine rings is 1. The number of benzene rings is 1. The smallest absolute Gasteiger partial charge is 0.406 e. The molecule has 1 aliphatic rings. The Balaban J connectivity index is 1.51. The van der Waals surface area contributed by atoms with Crippen LogP contribution in [0.15, 0.2) is 35.2 Å². The number of sulfonamides is 1. The lowest BCUT2D eigenvalue weighted by molar-refractivity contribution is -0.142. The van der Waals surface area contributed by atoms with E-state index in [0.717, 1.165) is 4.57 Å². The van der Waals surface area contributed by atoms with Crippen LogP contribution in [0.5, 0.6) is 0 Å². The van der Waals surface area contributed by atoms with Gasteiger partial charge in [0.25, 0.3) is 0 Å². The van der Waals surface area contributed by atoms with Crippen molar-refractivity contribution < 1.29 is 40.7 Å². The molecule has 0 N–H and O–H groups in total. The summed E-state index contributed by atoms with van der Waals surface area (Å²) in [6, 6.07) is 7.53. The van der Waals surface area contributed by atoms with Gasteiger partial charge in [-0.05, 0) is 44.0 Å². The number of Topliss-reactive ketones (excluding diaryl/α,β-unsaturated/α-hetero) is 1. The molecule has 192 valence electrons. The van der Waals surface area contributed by atoms with E-state index in [4.69, 9.17) is 9.47 Å². The Morgan fingerprint density at radius 1 is 1.09 bits per heavy atom. The SMILES string of the molecule is Cc1cc(C(=O)COC(=O)CCc2ccc(S(=O)(=O)N3CCOCC3)cc2)c(C)n1CC(F)(F)F. The van der Waals surface area contributed by atoms with Crippen molar-refractivity contribution >= 4 is 21.8 Å². The molecular weight excluding hydrogens is 489 g/mol. The van der Waals surface area contributed by atoms with Gasteiger partial charge >= 0.3 is 12.1 Å². The summed E-state index contributed by atoms with van der Waals surface area (Å²) in [5.74, 6) is -1.23. The molecule has 0 atom stereocenters. The number of ketones is 1. The molecule has 1 fully saturated rings. The van der Waals surface area contributed by atoms with Crippen molar-refractivity contribution in [3.8, 4) is 0 Å². The number of esters is 1. The average Bonchev–Trinajstić information content (AvgIpc) is 3.09. The fourth-order valence-electron chi connectivity index (χ4n) is 3.81. The first-order valence-corrected chi connectivity index (χ1v) is 12.4. The van der Waals surface area contributed by atoms with Crippen LogP contribution in [0.25, 0.3) is 0 Å². The molecule has 0 aliphatic carbocycles. The van der Waals surface area contributed by atoms with E-state index in [1.54, 1.807) is 12.1 Å². The number of halogens is 3. The summed E-state index contributed by atoms with van der Waals surface area (Å²) in [4.78, 5) is 24.6. The fourth-order valence-corrected chi connectivity index (χ4v) is 5.22. The highest BCUT2D eigenvalue weighted by Crippen LogP contribution is 2.23. The van der Waals surface area contributed by atoms with Crippen LogP contribution in [0.3, 0.4) is 0 Å². The molecule has 0 radical (unpaired) electrons. The van der Waals surface area contributed by atoms with Gasteiger partial charge in [0, 0.05) is 36.5 Å². The molecule has 1 aromatic heterocycles. The zero-order valence-electron chi connectivity index (χ0n) is 19.4. The first-order valence-electron chi connectivity index (χ1n) is 11.0.